The molecule has 1 unspecified atom stereocenters. The summed E-state index contributed by atoms with van der Waals surface area (Å²) in [6, 6.07) is 7.56. The van der Waals surface area contributed by atoms with E-state index in [0.717, 1.165) is 37.4 Å². The molecule has 0 spiro atoms. The minimum atomic E-state index is -0.283. The summed E-state index contributed by atoms with van der Waals surface area (Å²) in [5.74, 6) is 1.14. The van der Waals surface area contributed by atoms with Gasteiger partial charge in [0.1, 0.15) is 5.75 Å². The van der Waals surface area contributed by atoms with Crippen LogP contribution in [0.4, 0.5) is 5.69 Å². The molecular formula is C16H24N2O3. The van der Waals surface area contributed by atoms with E-state index < -0.39 is 0 Å². The van der Waals surface area contributed by atoms with Crippen LogP contribution in [0.5, 0.6) is 5.75 Å². The number of carbonyl (C=O) groups excluding carboxylic acids is 1. The van der Waals surface area contributed by atoms with Gasteiger partial charge in [0, 0.05) is 13.1 Å². The quantitative estimate of drug-likeness (QED) is 0.867. The van der Waals surface area contributed by atoms with Crippen LogP contribution in [0.1, 0.15) is 19.8 Å². The molecule has 5 nitrogen and oxygen atoms in total. The standard InChI is InChI=1S/C16H24N2O3/c1-12(19)13-7-9-18(10-8-13)16(20)11-17-14-5-3-4-6-15(14)21-2/h3-6,12-13,17,19H,7-11H2,1-2H3. The highest BCUT2D eigenvalue weighted by atomic mass is 16.5. The van der Waals surface area contributed by atoms with Crippen LogP contribution in [-0.2, 0) is 4.79 Å². The molecule has 1 heterocycles. The van der Waals surface area contributed by atoms with E-state index in [-0.39, 0.29) is 18.6 Å². The van der Waals surface area contributed by atoms with E-state index in [1.54, 1.807) is 7.11 Å². The second-order valence-electron chi connectivity index (χ2n) is 5.51. The SMILES string of the molecule is COc1ccccc1NCC(=O)N1CCC(C(C)O)CC1. The molecule has 0 bridgehead atoms. The molecule has 1 fully saturated rings. The van der Waals surface area contributed by atoms with E-state index in [2.05, 4.69) is 5.32 Å². The summed E-state index contributed by atoms with van der Waals surface area (Å²) in [5, 5.41) is 12.7. The Morgan fingerprint density at radius 3 is 2.71 bits per heavy atom. The van der Waals surface area contributed by atoms with Crippen LogP contribution in [-0.4, -0.2) is 48.8 Å². The summed E-state index contributed by atoms with van der Waals surface area (Å²) < 4.78 is 5.25. The zero-order valence-corrected chi connectivity index (χ0v) is 12.7. The first-order valence-corrected chi connectivity index (χ1v) is 7.44. The molecule has 0 radical (unpaired) electrons. The van der Waals surface area contributed by atoms with Gasteiger partial charge in [-0.2, -0.15) is 0 Å². The number of para-hydroxylation sites is 2. The van der Waals surface area contributed by atoms with Gasteiger partial charge < -0.3 is 20.1 Å². The second kappa shape index (κ2) is 7.31. The number of aliphatic hydroxyl groups excluding tert-OH is 1. The number of rotatable bonds is 5. The fourth-order valence-corrected chi connectivity index (χ4v) is 2.70. The summed E-state index contributed by atoms with van der Waals surface area (Å²) >= 11 is 0. The highest BCUT2D eigenvalue weighted by Crippen LogP contribution is 2.23. The molecule has 1 aromatic carbocycles. The minimum absolute atomic E-state index is 0.0879. The third-order valence-corrected chi connectivity index (χ3v) is 4.11. The molecule has 2 rings (SSSR count). The largest absolute Gasteiger partial charge is 0.495 e. The van der Waals surface area contributed by atoms with Crippen molar-refractivity contribution in [1.82, 2.24) is 4.90 Å². The van der Waals surface area contributed by atoms with Gasteiger partial charge in [-0.3, -0.25) is 4.79 Å². The Labute approximate surface area is 125 Å². The molecule has 1 aromatic rings. The second-order valence-corrected chi connectivity index (χ2v) is 5.51. The number of hydrogen-bond acceptors (Lipinski definition) is 4. The van der Waals surface area contributed by atoms with Gasteiger partial charge >= 0.3 is 0 Å². The maximum Gasteiger partial charge on any atom is 0.241 e. The van der Waals surface area contributed by atoms with Crippen molar-refractivity contribution >= 4 is 11.6 Å². The molecule has 5 heteroatoms. The van der Waals surface area contributed by atoms with Gasteiger partial charge in [-0.15, -0.1) is 0 Å². The van der Waals surface area contributed by atoms with E-state index in [1.165, 1.54) is 0 Å². The number of nitrogens with one attached hydrogen (secondary N) is 1. The van der Waals surface area contributed by atoms with Crippen LogP contribution in [0.2, 0.25) is 0 Å². The van der Waals surface area contributed by atoms with E-state index >= 15 is 0 Å². The van der Waals surface area contributed by atoms with E-state index in [1.807, 2.05) is 36.1 Å². The number of anilines is 1. The zero-order chi connectivity index (χ0) is 15.2. The molecule has 1 atom stereocenters. The highest BCUT2D eigenvalue weighted by molar-refractivity contribution is 5.81. The molecular weight excluding hydrogens is 268 g/mol. The van der Waals surface area contributed by atoms with E-state index in [4.69, 9.17) is 4.74 Å². The third kappa shape index (κ3) is 4.11. The molecule has 1 amide bonds. The Hall–Kier alpha value is -1.75. The molecule has 1 saturated heterocycles. The van der Waals surface area contributed by atoms with Crippen LogP contribution < -0.4 is 10.1 Å². The van der Waals surface area contributed by atoms with Gasteiger partial charge in [0.05, 0.1) is 25.4 Å². The van der Waals surface area contributed by atoms with Gasteiger partial charge in [-0.1, -0.05) is 12.1 Å². The molecule has 0 aromatic heterocycles. The number of nitrogens with zero attached hydrogens (tertiary/aromatic N) is 1. The first-order chi connectivity index (χ1) is 10.1. The molecule has 1 aliphatic heterocycles. The van der Waals surface area contributed by atoms with Crippen molar-refractivity contribution in [3.63, 3.8) is 0 Å². The maximum absolute atomic E-state index is 12.2. The predicted octanol–water partition coefficient (Wildman–Crippen LogP) is 1.73. The van der Waals surface area contributed by atoms with E-state index in [9.17, 15) is 9.90 Å². The molecule has 2 N–H and O–H groups in total. The van der Waals surface area contributed by atoms with E-state index in [0.29, 0.717) is 5.92 Å². The average Bonchev–Trinajstić information content (AvgIpc) is 2.52. The summed E-state index contributed by atoms with van der Waals surface area (Å²) in [6.07, 6.45) is 1.46. The lowest BCUT2D eigenvalue weighted by atomic mass is 9.92. The fourth-order valence-electron chi connectivity index (χ4n) is 2.70. The Morgan fingerprint density at radius 2 is 2.10 bits per heavy atom. The smallest absolute Gasteiger partial charge is 0.241 e. The maximum atomic E-state index is 12.2. The monoisotopic (exact) mass is 292 g/mol. The molecule has 1 aliphatic rings. The Balaban J connectivity index is 1.83. The number of likely N-dealkylation sites (tertiary alicyclic amines) is 1. The van der Waals surface area contributed by atoms with Crippen LogP contribution in [0, 0.1) is 5.92 Å². The first-order valence-electron chi connectivity index (χ1n) is 7.44. The number of carbonyl (C=O) groups is 1. The summed E-state index contributed by atoms with van der Waals surface area (Å²) in [4.78, 5) is 14.1. The third-order valence-electron chi connectivity index (χ3n) is 4.11. The van der Waals surface area contributed by atoms with Crippen molar-refractivity contribution < 1.29 is 14.6 Å². The number of methoxy groups -OCH3 is 1. The van der Waals surface area contributed by atoms with Crippen molar-refractivity contribution in [2.45, 2.75) is 25.9 Å². The fraction of sp³-hybridized carbons (Fsp3) is 0.562. The van der Waals surface area contributed by atoms with Crippen molar-refractivity contribution in [2.24, 2.45) is 5.92 Å². The molecule has 116 valence electrons. The number of ether oxygens (including phenoxy) is 1. The summed E-state index contributed by atoms with van der Waals surface area (Å²) in [6.45, 7) is 3.54. The number of piperidine rings is 1. The summed E-state index contributed by atoms with van der Waals surface area (Å²) in [7, 11) is 1.61. The Kier molecular flexibility index (Phi) is 5.44. The number of aliphatic hydroxyl groups is 1. The first kappa shape index (κ1) is 15.6. The normalized spacial score (nSPS) is 17.4. The molecule has 0 saturated carbocycles. The van der Waals surface area contributed by atoms with Crippen LogP contribution >= 0.6 is 0 Å². The van der Waals surface area contributed by atoms with Crippen molar-refractivity contribution in [1.29, 1.82) is 0 Å². The molecule has 0 aliphatic carbocycles. The Bertz CT molecular complexity index is 468. The lowest BCUT2D eigenvalue weighted by Gasteiger charge is -2.33. The predicted molar refractivity (Wildman–Crippen MR) is 82.5 cm³/mol. The van der Waals surface area contributed by atoms with Crippen molar-refractivity contribution in [2.75, 3.05) is 32.1 Å². The van der Waals surface area contributed by atoms with Crippen molar-refractivity contribution in [3.05, 3.63) is 24.3 Å². The minimum Gasteiger partial charge on any atom is -0.495 e. The van der Waals surface area contributed by atoms with Gasteiger partial charge in [0.2, 0.25) is 5.91 Å². The number of benzene rings is 1. The Morgan fingerprint density at radius 1 is 1.43 bits per heavy atom. The topological polar surface area (TPSA) is 61.8 Å². The molecule has 21 heavy (non-hydrogen) atoms. The number of amides is 1. The van der Waals surface area contributed by atoms with Crippen molar-refractivity contribution in [3.8, 4) is 5.75 Å². The van der Waals surface area contributed by atoms with Gasteiger partial charge in [-0.05, 0) is 37.8 Å². The van der Waals surface area contributed by atoms with Gasteiger partial charge in [0.15, 0.2) is 0 Å². The van der Waals surface area contributed by atoms with Crippen LogP contribution in [0.25, 0.3) is 0 Å². The lowest BCUT2D eigenvalue weighted by Crippen LogP contribution is -2.43. The van der Waals surface area contributed by atoms with Gasteiger partial charge in [0.25, 0.3) is 0 Å². The zero-order valence-electron chi connectivity index (χ0n) is 12.7. The van der Waals surface area contributed by atoms with Crippen LogP contribution in [0.3, 0.4) is 0 Å². The lowest BCUT2D eigenvalue weighted by molar-refractivity contribution is -0.131. The average molecular weight is 292 g/mol. The van der Waals surface area contributed by atoms with Gasteiger partial charge in [-0.25, -0.2) is 0 Å². The van der Waals surface area contributed by atoms with Crippen LogP contribution in [0.15, 0.2) is 24.3 Å². The summed E-state index contributed by atoms with van der Waals surface area (Å²) in [5.41, 5.74) is 0.826. The number of hydrogen-bond donors (Lipinski definition) is 2. The highest BCUT2D eigenvalue weighted by Gasteiger charge is 2.25.